The van der Waals surface area contributed by atoms with Crippen molar-refractivity contribution >= 4 is 29.9 Å². The van der Waals surface area contributed by atoms with Crippen molar-refractivity contribution in [3.8, 4) is 0 Å². The van der Waals surface area contributed by atoms with E-state index < -0.39 is 0 Å². The average Bonchev–Trinajstić information content (AvgIpc) is 2.60. The smallest absolute Gasteiger partial charge is 0.191 e. The third-order valence-electron chi connectivity index (χ3n) is 4.29. The number of nitrogens with one attached hydrogen (secondary N) is 2. The molecule has 0 spiro atoms. The predicted octanol–water partition coefficient (Wildman–Crippen LogP) is 2.48. The Balaban J connectivity index is 0.00000576. The van der Waals surface area contributed by atoms with Crippen LogP contribution in [0, 0.1) is 0 Å². The molecule has 1 aliphatic rings. The van der Waals surface area contributed by atoms with Crippen LogP contribution < -0.4 is 10.6 Å². The molecule has 1 saturated carbocycles. The molecule has 2 N–H and O–H groups in total. The van der Waals surface area contributed by atoms with Crippen molar-refractivity contribution in [3.63, 3.8) is 0 Å². The molecule has 0 bridgehead atoms. The summed E-state index contributed by atoms with van der Waals surface area (Å²) in [5.41, 5.74) is 0. The monoisotopic (exact) mass is 470 g/mol. The maximum absolute atomic E-state index is 5.95. The molecule has 0 unspecified atom stereocenters. The van der Waals surface area contributed by atoms with E-state index in [1.165, 1.54) is 32.1 Å². The van der Waals surface area contributed by atoms with Crippen LogP contribution in [0.25, 0.3) is 0 Å². The summed E-state index contributed by atoms with van der Waals surface area (Å²) in [7, 11) is 3.84. The van der Waals surface area contributed by atoms with E-state index in [0.29, 0.717) is 6.10 Å². The van der Waals surface area contributed by atoms with Crippen molar-refractivity contribution < 1.29 is 9.47 Å². The van der Waals surface area contributed by atoms with E-state index in [4.69, 9.17) is 9.47 Å². The molecule has 0 amide bonds. The van der Waals surface area contributed by atoms with Crippen LogP contribution >= 0.6 is 24.0 Å². The summed E-state index contributed by atoms with van der Waals surface area (Å²) in [6, 6.07) is 0. The number of guanidine groups is 1. The lowest BCUT2D eigenvalue weighted by atomic mass is 9.98. The van der Waals surface area contributed by atoms with Gasteiger partial charge in [-0.3, -0.25) is 4.99 Å². The number of hydrogen-bond donors (Lipinski definition) is 2. The van der Waals surface area contributed by atoms with Gasteiger partial charge in [0.1, 0.15) is 0 Å². The average molecular weight is 470 g/mol. The molecular weight excluding hydrogens is 431 g/mol. The molecule has 0 aliphatic heterocycles. The number of nitrogens with zero attached hydrogens (tertiary/aromatic N) is 2. The highest BCUT2D eigenvalue weighted by atomic mass is 127. The Morgan fingerprint density at radius 2 is 1.88 bits per heavy atom. The minimum absolute atomic E-state index is 0. The maximum atomic E-state index is 5.95. The molecule has 25 heavy (non-hydrogen) atoms. The highest BCUT2D eigenvalue weighted by Gasteiger charge is 2.12. The van der Waals surface area contributed by atoms with E-state index in [2.05, 4.69) is 34.5 Å². The van der Waals surface area contributed by atoms with Crippen LogP contribution in [-0.2, 0) is 9.47 Å². The van der Waals surface area contributed by atoms with E-state index in [0.717, 1.165) is 58.3 Å². The molecule has 0 atom stereocenters. The molecule has 6 nitrogen and oxygen atoms in total. The quantitative estimate of drug-likeness (QED) is 0.199. The number of ether oxygens (including phenoxy) is 2. The van der Waals surface area contributed by atoms with Crippen LogP contribution in [0.4, 0.5) is 0 Å². The first kappa shape index (κ1) is 24.9. The van der Waals surface area contributed by atoms with E-state index in [1.807, 2.05) is 0 Å². The number of rotatable bonds is 12. The van der Waals surface area contributed by atoms with Crippen LogP contribution in [-0.4, -0.2) is 77.1 Å². The first-order valence-corrected chi connectivity index (χ1v) is 9.57. The molecule has 0 aromatic rings. The van der Waals surface area contributed by atoms with E-state index >= 15 is 0 Å². The van der Waals surface area contributed by atoms with Crippen molar-refractivity contribution in [2.75, 3.05) is 60.1 Å². The van der Waals surface area contributed by atoms with Crippen molar-refractivity contribution in [2.24, 2.45) is 4.99 Å². The molecule has 0 heterocycles. The van der Waals surface area contributed by atoms with Crippen molar-refractivity contribution in [1.82, 2.24) is 15.5 Å². The van der Waals surface area contributed by atoms with Crippen LogP contribution in [0.5, 0.6) is 0 Å². The number of methoxy groups -OCH3 is 1. The first-order chi connectivity index (χ1) is 11.8. The topological polar surface area (TPSA) is 58.1 Å². The standard InChI is InChI=1S/C18H38N4O2.HI/c1-4-19-18(21-12-13-22(2)14-16-23-3)20-11-8-15-24-17-9-6-5-7-10-17;/h17H,4-16H2,1-3H3,(H2,19,20,21);1H. The zero-order valence-electron chi connectivity index (χ0n) is 16.4. The Labute approximate surface area is 171 Å². The minimum atomic E-state index is 0. The summed E-state index contributed by atoms with van der Waals surface area (Å²) in [6.45, 7) is 8.17. The first-order valence-electron chi connectivity index (χ1n) is 9.57. The zero-order chi connectivity index (χ0) is 17.5. The molecule has 0 aromatic heterocycles. The Bertz CT molecular complexity index is 326. The third-order valence-corrected chi connectivity index (χ3v) is 4.29. The fourth-order valence-electron chi connectivity index (χ4n) is 2.80. The fourth-order valence-corrected chi connectivity index (χ4v) is 2.80. The van der Waals surface area contributed by atoms with Crippen LogP contribution in [0.3, 0.4) is 0 Å². The Kier molecular flexibility index (Phi) is 17.2. The van der Waals surface area contributed by atoms with E-state index in [-0.39, 0.29) is 24.0 Å². The van der Waals surface area contributed by atoms with Gasteiger partial charge in [0, 0.05) is 46.4 Å². The number of hydrogen-bond acceptors (Lipinski definition) is 4. The van der Waals surface area contributed by atoms with Crippen molar-refractivity contribution in [2.45, 2.75) is 51.6 Å². The molecule has 1 fully saturated rings. The van der Waals surface area contributed by atoms with Crippen molar-refractivity contribution in [1.29, 1.82) is 0 Å². The van der Waals surface area contributed by atoms with Crippen LogP contribution in [0.2, 0.25) is 0 Å². The van der Waals surface area contributed by atoms with Gasteiger partial charge in [-0.15, -0.1) is 24.0 Å². The highest BCUT2D eigenvalue weighted by Crippen LogP contribution is 2.20. The lowest BCUT2D eigenvalue weighted by Gasteiger charge is -2.21. The van der Waals surface area contributed by atoms with Gasteiger partial charge in [-0.1, -0.05) is 19.3 Å². The minimum Gasteiger partial charge on any atom is -0.383 e. The lowest BCUT2D eigenvalue weighted by Crippen LogP contribution is -2.41. The van der Waals surface area contributed by atoms with Crippen LogP contribution in [0.1, 0.15) is 45.4 Å². The Morgan fingerprint density at radius 1 is 1.12 bits per heavy atom. The predicted molar refractivity (Wildman–Crippen MR) is 116 cm³/mol. The van der Waals surface area contributed by atoms with Crippen LogP contribution in [0.15, 0.2) is 4.99 Å². The fraction of sp³-hybridized carbons (Fsp3) is 0.944. The van der Waals surface area contributed by atoms with Gasteiger partial charge in [0.2, 0.25) is 0 Å². The third kappa shape index (κ3) is 13.7. The van der Waals surface area contributed by atoms with Crippen molar-refractivity contribution in [3.05, 3.63) is 0 Å². The second kappa shape index (κ2) is 17.3. The summed E-state index contributed by atoms with van der Waals surface area (Å²) in [5, 5.41) is 6.68. The molecule has 150 valence electrons. The zero-order valence-corrected chi connectivity index (χ0v) is 18.7. The summed E-state index contributed by atoms with van der Waals surface area (Å²) in [5.74, 6) is 0.898. The summed E-state index contributed by atoms with van der Waals surface area (Å²) in [4.78, 5) is 6.87. The molecule has 0 aromatic carbocycles. The van der Waals surface area contributed by atoms with Gasteiger partial charge in [-0.2, -0.15) is 0 Å². The number of likely N-dealkylation sites (N-methyl/N-ethyl adjacent to an activating group) is 1. The van der Waals surface area contributed by atoms with Gasteiger partial charge in [0.15, 0.2) is 5.96 Å². The van der Waals surface area contributed by atoms with E-state index in [1.54, 1.807) is 7.11 Å². The van der Waals surface area contributed by atoms with Gasteiger partial charge >= 0.3 is 0 Å². The molecule has 7 heteroatoms. The lowest BCUT2D eigenvalue weighted by molar-refractivity contribution is 0.0281. The second-order valence-corrected chi connectivity index (χ2v) is 6.47. The SMILES string of the molecule is CCNC(=NCCCOC1CCCCC1)NCCN(C)CCOC.I. The van der Waals surface area contributed by atoms with Gasteiger partial charge in [-0.25, -0.2) is 0 Å². The molecule has 0 saturated heterocycles. The molecule has 0 radical (unpaired) electrons. The molecule has 1 rings (SSSR count). The summed E-state index contributed by atoms with van der Waals surface area (Å²) >= 11 is 0. The summed E-state index contributed by atoms with van der Waals surface area (Å²) < 4.78 is 11.0. The Hall–Kier alpha value is -0.120. The number of aliphatic imine (C=N–C) groups is 1. The van der Waals surface area contributed by atoms with E-state index in [9.17, 15) is 0 Å². The normalized spacial score (nSPS) is 15.9. The highest BCUT2D eigenvalue weighted by molar-refractivity contribution is 14.0. The van der Waals surface area contributed by atoms with Gasteiger partial charge < -0.3 is 25.0 Å². The van der Waals surface area contributed by atoms with Gasteiger partial charge in [0.25, 0.3) is 0 Å². The van der Waals surface area contributed by atoms with Gasteiger partial charge in [0.05, 0.1) is 12.7 Å². The Morgan fingerprint density at radius 3 is 2.56 bits per heavy atom. The molecular formula is C18H39IN4O2. The molecule has 1 aliphatic carbocycles. The summed E-state index contributed by atoms with van der Waals surface area (Å²) in [6.07, 6.45) is 8.00. The largest absolute Gasteiger partial charge is 0.383 e. The maximum Gasteiger partial charge on any atom is 0.191 e. The second-order valence-electron chi connectivity index (χ2n) is 6.47. The van der Waals surface area contributed by atoms with Gasteiger partial charge in [-0.05, 0) is 33.2 Å². The number of halogens is 1.